The molecule has 0 aliphatic heterocycles. The van der Waals surface area contributed by atoms with Gasteiger partial charge in [0.15, 0.2) is 0 Å². The molecule has 0 saturated carbocycles. The van der Waals surface area contributed by atoms with Crippen molar-refractivity contribution in [1.82, 2.24) is 9.55 Å². The third-order valence-electron chi connectivity index (χ3n) is 3.11. The number of methoxy groups -OCH3 is 1. The molecule has 2 rings (SSSR count). The number of ether oxygens (including phenoxy) is 1. The lowest BCUT2D eigenvalue weighted by molar-refractivity contribution is -0.142. The van der Waals surface area contributed by atoms with Gasteiger partial charge in [0.25, 0.3) is 5.56 Å². The number of halogens is 3. The molecule has 0 bridgehead atoms. The van der Waals surface area contributed by atoms with Gasteiger partial charge in [0.2, 0.25) is 5.88 Å². The van der Waals surface area contributed by atoms with Gasteiger partial charge in [0.1, 0.15) is 11.3 Å². The number of hydrogen-bond acceptors (Lipinski definition) is 4. The lowest BCUT2D eigenvalue weighted by Crippen LogP contribution is -2.31. The quantitative estimate of drug-likeness (QED) is 0.935. The molecule has 122 valence electrons. The fourth-order valence-corrected chi connectivity index (χ4v) is 2.03. The molecular formula is C14H11F3N2O4. The van der Waals surface area contributed by atoms with Crippen LogP contribution in [0.2, 0.25) is 0 Å². The van der Waals surface area contributed by atoms with Gasteiger partial charge in [0, 0.05) is 6.07 Å². The first-order valence-corrected chi connectivity index (χ1v) is 6.24. The monoisotopic (exact) mass is 328 g/mol. The fraction of sp³-hybridized carbons (Fsp3) is 0.214. The number of rotatable bonds is 3. The van der Waals surface area contributed by atoms with E-state index in [2.05, 4.69) is 4.98 Å². The minimum atomic E-state index is -4.84. The number of aromatic carboxylic acids is 1. The second-order valence-electron chi connectivity index (χ2n) is 4.59. The Balaban J connectivity index is 2.85. The highest BCUT2D eigenvalue weighted by Gasteiger charge is 2.36. The summed E-state index contributed by atoms with van der Waals surface area (Å²) in [4.78, 5) is 27.0. The Kier molecular flexibility index (Phi) is 4.13. The topological polar surface area (TPSA) is 81.4 Å². The number of pyridine rings is 2. The molecule has 0 spiro atoms. The molecule has 9 heteroatoms. The summed E-state index contributed by atoms with van der Waals surface area (Å²) >= 11 is 0. The molecule has 0 fully saturated rings. The smallest absolute Gasteiger partial charge is 0.431 e. The zero-order chi connectivity index (χ0) is 17.4. The van der Waals surface area contributed by atoms with E-state index >= 15 is 0 Å². The van der Waals surface area contributed by atoms with Crippen LogP contribution in [0.3, 0.4) is 0 Å². The normalized spacial score (nSPS) is 11.3. The van der Waals surface area contributed by atoms with Crippen molar-refractivity contribution in [2.75, 3.05) is 7.11 Å². The Morgan fingerprint density at radius 3 is 2.48 bits per heavy atom. The van der Waals surface area contributed by atoms with Gasteiger partial charge in [-0.25, -0.2) is 9.78 Å². The summed E-state index contributed by atoms with van der Waals surface area (Å²) in [5.74, 6) is -1.46. The number of alkyl halides is 3. The molecule has 0 saturated heterocycles. The zero-order valence-corrected chi connectivity index (χ0v) is 12.0. The summed E-state index contributed by atoms with van der Waals surface area (Å²) in [7, 11) is 1.33. The van der Waals surface area contributed by atoms with E-state index in [9.17, 15) is 22.8 Å². The zero-order valence-electron chi connectivity index (χ0n) is 12.0. The Labute approximate surface area is 127 Å². The van der Waals surface area contributed by atoms with Crippen molar-refractivity contribution in [2.45, 2.75) is 13.1 Å². The van der Waals surface area contributed by atoms with Crippen LogP contribution in [0.5, 0.6) is 5.88 Å². The first-order valence-electron chi connectivity index (χ1n) is 6.24. The number of carboxylic acids is 1. The maximum absolute atomic E-state index is 13.2. The SMILES string of the molecule is COc1cc(C)c(-n2c(C(F)(F)F)ccc(C(=O)O)c2=O)cn1. The van der Waals surface area contributed by atoms with E-state index in [-0.39, 0.29) is 17.1 Å². The summed E-state index contributed by atoms with van der Waals surface area (Å²) < 4.78 is 44.7. The van der Waals surface area contributed by atoms with Crippen LogP contribution in [-0.2, 0) is 6.18 Å². The van der Waals surface area contributed by atoms with Gasteiger partial charge in [-0.3, -0.25) is 9.36 Å². The minimum absolute atomic E-state index is 0.155. The highest BCUT2D eigenvalue weighted by atomic mass is 19.4. The van der Waals surface area contributed by atoms with Crippen LogP contribution in [0.1, 0.15) is 21.6 Å². The molecule has 0 amide bonds. The van der Waals surface area contributed by atoms with Gasteiger partial charge >= 0.3 is 12.1 Å². The molecule has 23 heavy (non-hydrogen) atoms. The Morgan fingerprint density at radius 1 is 1.35 bits per heavy atom. The lowest BCUT2D eigenvalue weighted by atomic mass is 10.2. The maximum atomic E-state index is 13.2. The summed E-state index contributed by atoms with van der Waals surface area (Å²) in [5.41, 5.74) is -3.25. The van der Waals surface area contributed by atoms with Crippen molar-refractivity contribution in [2.24, 2.45) is 0 Å². The van der Waals surface area contributed by atoms with E-state index in [0.717, 1.165) is 6.20 Å². The molecular weight excluding hydrogens is 317 g/mol. The molecule has 2 aromatic rings. The molecule has 0 aliphatic rings. The van der Waals surface area contributed by atoms with Gasteiger partial charge < -0.3 is 9.84 Å². The highest BCUT2D eigenvalue weighted by molar-refractivity contribution is 5.87. The molecule has 0 aliphatic carbocycles. The van der Waals surface area contributed by atoms with Crippen LogP contribution in [0.4, 0.5) is 13.2 Å². The second kappa shape index (κ2) is 5.75. The number of hydrogen-bond donors (Lipinski definition) is 1. The molecule has 1 N–H and O–H groups in total. The predicted molar refractivity (Wildman–Crippen MR) is 73.1 cm³/mol. The molecule has 6 nitrogen and oxygen atoms in total. The van der Waals surface area contributed by atoms with Crippen LogP contribution in [0.15, 0.2) is 29.2 Å². The Morgan fingerprint density at radius 2 is 2.00 bits per heavy atom. The van der Waals surface area contributed by atoms with E-state index < -0.39 is 29.0 Å². The molecule has 0 radical (unpaired) electrons. The van der Waals surface area contributed by atoms with E-state index in [1.807, 2.05) is 0 Å². The first-order chi connectivity index (χ1) is 10.7. The maximum Gasteiger partial charge on any atom is 0.431 e. The van der Waals surface area contributed by atoms with Crippen LogP contribution in [0.25, 0.3) is 5.69 Å². The fourth-order valence-electron chi connectivity index (χ4n) is 2.03. The molecule has 2 heterocycles. The molecule has 2 aromatic heterocycles. The molecule has 0 atom stereocenters. The highest BCUT2D eigenvalue weighted by Crippen LogP contribution is 2.31. The van der Waals surface area contributed by atoms with Gasteiger partial charge in [-0.2, -0.15) is 13.2 Å². The summed E-state index contributed by atoms with van der Waals surface area (Å²) in [5, 5.41) is 8.95. The van der Waals surface area contributed by atoms with Gasteiger partial charge in [-0.05, 0) is 24.6 Å². The standard InChI is InChI=1S/C14H11F3N2O4/c1-7-5-11(23-2)18-6-9(7)19-10(14(15,16)17)4-3-8(12(19)20)13(21)22/h3-6H,1-2H3,(H,21,22). The number of aromatic nitrogens is 2. The summed E-state index contributed by atoms with van der Waals surface area (Å²) in [6.45, 7) is 1.46. The van der Waals surface area contributed by atoms with Crippen molar-refractivity contribution in [3.63, 3.8) is 0 Å². The van der Waals surface area contributed by atoms with Crippen LogP contribution < -0.4 is 10.3 Å². The Bertz CT molecular complexity index is 828. The van der Waals surface area contributed by atoms with Gasteiger partial charge in [-0.1, -0.05) is 0 Å². The summed E-state index contributed by atoms with van der Waals surface area (Å²) in [6.07, 6.45) is -3.82. The third-order valence-corrected chi connectivity index (χ3v) is 3.11. The number of aryl methyl sites for hydroxylation is 1. The summed E-state index contributed by atoms with van der Waals surface area (Å²) in [6, 6.07) is 2.53. The van der Waals surface area contributed by atoms with E-state index in [0.29, 0.717) is 16.7 Å². The Hall–Kier alpha value is -2.84. The van der Waals surface area contributed by atoms with Crippen molar-refractivity contribution >= 4 is 5.97 Å². The van der Waals surface area contributed by atoms with Crippen LogP contribution >= 0.6 is 0 Å². The van der Waals surface area contributed by atoms with E-state index in [1.54, 1.807) is 0 Å². The van der Waals surface area contributed by atoms with Crippen molar-refractivity contribution in [3.8, 4) is 11.6 Å². The molecule has 0 unspecified atom stereocenters. The van der Waals surface area contributed by atoms with Crippen molar-refractivity contribution in [3.05, 3.63) is 51.6 Å². The average molecular weight is 328 g/mol. The first kappa shape index (κ1) is 16.5. The number of carboxylic acid groups (broad SMARTS) is 1. The van der Waals surface area contributed by atoms with Crippen LogP contribution in [-0.4, -0.2) is 27.7 Å². The third kappa shape index (κ3) is 3.03. The van der Waals surface area contributed by atoms with Crippen molar-refractivity contribution < 1.29 is 27.8 Å². The largest absolute Gasteiger partial charge is 0.481 e. The average Bonchev–Trinajstić information content (AvgIpc) is 2.45. The van der Waals surface area contributed by atoms with E-state index in [1.165, 1.54) is 20.1 Å². The molecule has 0 aromatic carbocycles. The van der Waals surface area contributed by atoms with Gasteiger partial charge in [0.05, 0.1) is 19.0 Å². The van der Waals surface area contributed by atoms with Crippen molar-refractivity contribution in [1.29, 1.82) is 0 Å². The van der Waals surface area contributed by atoms with Crippen LogP contribution in [0, 0.1) is 6.92 Å². The number of nitrogens with zero attached hydrogens (tertiary/aromatic N) is 2. The minimum Gasteiger partial charge on any atom is -0.481 e. The van der Waals surface area contributed by atoms with E-state index in [4.69, 9.17) is 9.84 Å². The second-order valence-corrected chi connectivity index (χ2v) is 4.59. The predicted octanol–water partition coefficient (Wildman–Crippen LogP) is 2.27. The number of carbonyl (C=O) groups is 1. The van der Waals surface area contributed by atoms with Gasteiger partial charge in [-0.15, -0.1) is 0 Å². The lowest BCUT2D eigenvalue weighted by Gasteiger charge is -2.17.